The lowest BCUT2D eigenvalue weighted by Crippen LogP contribution is -2.64. The predicted octanol–water partition coefficient (Wildman–Crippen LogP) is 1.80. The van der Waals surface area contributed by atoms with Crippen LogP contribution in [0.4, 0.5) is 4.39 Å². The molecule has 2 atom stereocenters. The lowest BCUT2D eigenvalue weighted by Gasteiger charge is -2.46. The molecule has 3 saturated heterocycles. The molecule has 3 aliphatic heterocycles. The van der Waals surface area contributed by atoms with Crippen LogP contribution in [0.15, 0.2) is 18.3 Å². The van der Waals surface area contributed by atoms with Gasteiger partial charge in [-0.2, -0.15) is 5.10 Å². The number of rotatable bonds is 6. The molecule has 2 aromatic rings. The molecule has 10 nitrogen and oxygen atoms in total. The van der Waals surface area contributed by atoms with Crippen molar-refractivity contribution in [3.63, 3.8) is 0 Å². The summed E-state index contributed by atoms with van der Waals surface area (Å²) in [6.45, 7) is 2.37. The zero-order chi connectivity index (χ0) is 25.3. The topological polar surface area (TPSA) is 130 Å². The smallest absolute Gasteiger partial charge is 0.274 e. The van der Waals surface area contributed by atoms with Crippen LogP contribution in [0.3, 0.4) is 0 Å². The minimum absolute atomic E-state index is 0.00132. The van der Waals surface area contributed by atoms with E-state index in [1.807, 2.05) is 11.8 Å². The van der Waals surface area contributed by atoms with Crippen molar-refractivity contribution in [3.8, 4) is 17.1 Å². The number of carbonyl (C=O) groups excluding carboxylic acids is 2. The summed E-state index contributed by atoms with van der Waals surface area (Å²) in [6, 6.07) is 2.99. The predicted molar refractivity (Wildman–Crippen MR) is 125 cm³/mol. The van der Waals surface area contributed by atoms with Crippen LogP contribution < -0.4 is 10.1 Å². The molecule has 0 radical (unpaired) electrons. The van der Waals surface area contributed by atoms with Crippen LogP contribution in [0.2, 0.25) is 0 Å². The molecule has 11 heteroatoms. The number of hydrogen-bond acceptors (Lipinski definition) is 7. The van der Waals surface area contributed by atoms with Gasteiger partial charge in [0.05, 0.1) is 42.9 Å². The van der Waals surface area contributed by atoms with Crippen molar-refractivity contribution in [1.82, 2.24) is 25.4 Å². The number of piperidine rings is 1. The summed E-state index contributed by atoms with van der Waals surface area (Å²) < 4.78 is 25.3. The van der Waals surface area contributed by atoms with Gasteiger partial charge in [-0.1, -0.05) is 0 Å². The molecule has 2 saturated carbocycles. The number of amides is 2. The van der Waals surface area contributed by atoms with E-state index in [1.54, 1.807) is 6.07 Å². The first-order valence-electron chi connectivity index (χ1n) is 12.4. The first-order chi connectivity index (χ1) is 17.2. The van der Waals surface area contributed by atoms with Gasteiger partial charge in [-0.15, -0.1) is 0 Å². The number of aliphatic hydroxyl groups is 1. The first-order valence-corrected chi connectivity index (χ1v) is 12.4. The molecule has 3 N–H and O–H groups in total. The van der Waals surface area contributed by atoms with E-state index in [9.17, 15) is 19.1 Å². The molecular weight excluding hydrogens is 469 g/mol. The quantitative estimate of drug-likeness (QED) is 0.553. The number of methoxy groups -OCH3 is 1. The molecule has 192 valence electrons. The standard InChI is InChI=1S/C25H30FN5O5/c1-14-25(11-24(12-25,13-32)36-14)28-21(33)15-3-6-31(23(9-15)4-5-23)22(34)19-8-18(29-30-19)16-7-20(35-2)27-10-17(16)26/h7-8,10,14-15,32H,3-6,9,11-13H2,1-2H3,(H,28,33)(H,29,30)/t14-,15+,24?,25?/m1/s1. The summed E-state index contributed by atoms with van der Waals surface area (Å²) in [7, 11) is 1.45. The molecule has 0 unspecified atom stereocenters. The third-order valence-electron chi connectivity index (χ3n) is 8.61. The monoisotopic (exact) mass is 499 g/mol. The number of nitrogens with zero attached hydrogens (tertiary/aromatic N) is 3. The fraction of sp³-hybridized carbons (Fsp3) is 0.600. The minimum atomic E-state index is -0.548. The Kier molecular flexibility index (Phi) is 5.17. The van der Waals surface area contributed by atoms with E-state index < -0.39 is 17.0 Å². The third kappa shape index (κ3) is 3.51. The van der Waals surface area contributed by atoms with Crippen LogP contribution in [0.5, 0.6) is 5.88 Å². The van der Waals surface area contributed by atoms with Crippen LogP contribution in [0, 0.1) is 11.7 Å². The van der Waals surface area contributed by atoms with E-state index in [0.717, 1.165) is 19.0 Å². The van der Waals surface area contributed by atoms with Gasteiger partial charge in [0.2, 0.25) is 11.8 Å². The van der Waals surface area contributed by atoms with Crippen molar-refractivity contribution in [2.45, 2.75) is 68.2 Å². The van der Waals surface area contributed by atoms with Gasteiger partial charge in [0, 0.05) is 42.5 Å². The summed E-state index contributed by atoms with van der Waals surface area (Å²) in [4.78, 5) is 32.3. The summed E-state index contributed by atoms with van der Waals surface area (Å²) in [6.07, 6.45) is 5.05. The average molecular weight is 500 g/mol. The number of hydrogen-bond donors (Lipinski definition) is 3. The van der Waals surface area contributed by atoms with Crippen molar-refractivity contribution in [3.05, 3.63) is 29.8 Å². The number of carbonyl (C=O) groups is 2. The Morgan fingerprint density at radius 1 is 1.36 bits per heavy atom. The number of likely N-dealkylation sites (tertiary alicyclic amines) is 1. The maximum atomic E-state index is 14.3. The van der Waals surface area contributed by atoms with E-state index >= 15 is 0 Å². The zero-order valence-corrected chi connectivity index (χ0v) is 20.3. The summed E-state index contributed by atoms with van der Waals surface area (Å²) in [5.41, 5.74) is -0.462. The number of aliphatic hydroxyl groups excluding tert-OH is 1. The Bertz CT molecular complexity index is 1220. The molecule has 2 amide bonds. The molecule has 36 heavy (non-hydrogen) atoms. The van der Waals surface area contributed by atoms with Gasteiger partial charge < -0.3 is 24.8 Å². The zero-order valence-electron chi connectivity index (χ0n) is 20.3. The molecule has 1 spiro atoms. The van der Waals surface area contributed by atoms with Crippen molar-refractivity contribution in [2.75, 3.05) is 20.3 Å². The Hall–Kier alpha value is -3.05. The largest absolute Gasteiger partial charge is 0.481 e. The summed E-state index contributed by atoms with van der Waals surface area (Å²) >= 11 is 0. The number of H-pyrrole nitrogens is 1. The number of fused-ring (bicyclic) bond motifs is 1. The molecule has 5 heterocycles. The summed E-state index contributed by atoms with van der Waals surface area (Å²) in [5, 5.41) is 19.8. The van der Waals surface area contributed by atoms with Crippen molar-refractivity contribution >= 4 is 11.8 Å². The molecule has 5 aliphatic rings. The normalized spacial score (nSPS) is 31.7. The van der Waals surface area contributed by atoms with E-state index in [2.05, 4.69) is 20.5 Å². The van der Waals surface area contributed by atoms with Crippen molar-refractivity contribution in [2.24, 2.45) is 5.92 Å². The van der Waals surface area contributed by atoms with Crippen molar-refractivity contribution < 1.29 is 28.6 Å². The Morgan fingerprint density at radius 3 is 2.81 bits per heavy atom. The molecule has 2 aliphatic carbocycles. The van der Waals surface area contributed by atoms with E-state index in [0.29, 0.717) is 37.9 Å². The number of ether oxygens (including phenoxy) is 2. The molecule has 2 aromatic heterocycles. The molecule has 7 rings (SSSR count). The highest BCUT2D eigenvalue weighted by Gasteiger charge is 2.67. The van der Waals surface area contributed by atoms with Crippen LogP contribution >= 0.6 is 0 Å². The van der Waals surface area contributed by atoms with E-state index in [4.69, 9.17) is 9.47 Å². The maximum Gasteiger partial charge on any atom is 0.274 e. The number of aromatic amines is 1. The maximum absolute atomic E-state index is 14.3. The molecule has 0 aromatic carbocycles. The van der Waals surface area contributed by atoms with Gasteiger partial charge in [-0.05, 0) is 38.7 Å². The van der Waals surface area contributed by atoms with Crippen LogP contribution in [0.1, 0.15) is 55.9 Å². The fourth-order valence-electron chi connectivity index (χ4n) is 6.44. The van der Waals surface area contributed by atoms with Gasteiger partial charge in [-0.3, -0.25) is 14.7 Å². The van der Waals surface area contributed by atoms with Gasteiger partial charge in [0.25, 0.3) is 5.91 Å². The molecule has 2 bridgehead atoms. The van der Waals surface area contributed by atoms with E-state index in [-0.39, 0.29) is 53.1 Å². The Morgan fingerprint density at radius 2 is 2.14 bits per heavy atom. The minimum Gasteiger partial charge on any atom is -0.481 e. The van der Waals surface area contributed by atoms with Crippen molar-refractivity contribution in [1.29, 1.82) is 0 Å². The second-order valence-corrected chi connectivity index (χ2v) is 10.8. The first kappa shape index (κ1) is 23.4. The number of pyridine rings is 1. The molecular formula is C25H30FN5O5. The highest BCUT2D eigenvalue weighted by Crippen LogP contribution is 2.56. The van der Waals surface area contributed by atoms with Crippen LogP contribution in [0.25, 0.3) is 11.3 Å². The van der Waals surface area contributed by atoms with Gasteiger partial charge in [0.1, 0.15) is 0 Å². The van der Waals surface area contributed by atoms with E-state index in [1.165, 1.54) is 13.2 Å². The van der Waals surface area contributed by atoms with Crippen LogP contribution in [-0.4, -0.2) is 80.0 Å². The molecule has 5 fully saturated rings. The Balaban J connectivity index is 1.13. The third-order valence-corrected chi connectivity index (χ3v) is 8.61. The lowest BCUT2D eigenvalue weighted by molar-refractivity contribution is -0.131. The Labute approximate surface area is 207 Å². The van der Waals surface area contributed by atoms with Crippen LogP contribution in [-0.2, 0) is 9.53 Å². The fourth-order valence-corrected chi connectivity index (χ4v) is 6.44. The number of halogens is 1. The lowest BCUT2D eigenvalue weighted by atomic mass is 9.66. The number of aromatic nitrogens is 3. The second kappa shape index (κ2) is 7.97. The van der Waals surface area contributed by atoms with Gasteiger partial charge in [-0.25, -0.2) is 9.37 Å². The second-order valence-electron chi connectivity index (χ2n) is 10.8. The highest BCUT2D eigenvalue weighted by molar-refractivity contribution is 5.94. The average Bonchev–Trinajstić information content (AvgIpc) is 3.22. The SMILES string of the molecule is COc1cc(-c2cc(C(=O)N3CC[C@H](C(=O)NC45CC(CO)(C4)O[C@@H]5C)CC34CC4)n[nH]2)c(F)cn1. The van der Waals surface area contributed by atoms with Gasteiger partial charge in [0.15, 0.2) is 11.5 Å². The highest BCUT2D eigenvalue weighted by atomic mass is 19.1. The van der Waals surface area contributed by atoms with Gasteiger partial charge >= 0.3 is 0 Å². The summed E-state index contributed by atoms with van der Waals surface area (Å²) in [5.74, 6) is -0.697. The number of nitrogens with one attached hydrogen (secondary N) is 2.